The summed E-state index contributed by atoms with van der Waals surface area (Å²) in [6, 6.07) is 3.94. The van der Waals surface area contributed by atoms with Crippen molar-refractivity contribution >= 4 is 35.0 Å². The number of ether oxygens (including phenoxy) is 1. The number of hydrogen-bond acceptors (Lipinski definition) is 6. The molecule has 2 aromatic rings. The van der Waals surface area contributed by atoms with Gasteiger partial charge in [-0.1, -0.05) is 18.2 Å². The zero-order valence-corrected chi connectivity index (χ0v) is 20.1. The lowest BCUT2D eigenvalue weighted by molar-refractivity contribution is -0.137. The number of amides is 2. The van der Waals surface area contributed by atoms with Crippen LogP contribution in [0.15, 0.2) is 39.4 Å². The molecule has 34 heavy (non-hydrogen) atoms. The van der Waals surface area contributed by atoms with Crippen molar-refractivity contribution in [2.45, 2.75) is 41.6 Å². The highest BCUT2D eigenvalue weighted by Crippen LogP contribution is 2.64. The normalized spacial score (nSPS) is 30.0. The first kappa shape index (κ1) is 22.8. The first-order chi connectivity index (χ1) is 16.0. The summed E-state index contributed by atoms with van der Waals surface area (Å²) in [6.07, 6.45) is 1.52. The second-order valence-electron chi connectivity index (χ2n) is 8.72. The van der Waals surface area contributed by atoms with E-state index in [0.717, 1.165) is 9.47 Å². The summed E-state index contributed by atoms with van der Waals surface area (Å²) in [6.45, 7) is 2.09. The fourth-order valence-corrected chi connectivity index (χ4v) is 6.50. The summed E-state index contributed by atoms with van der Waals surface area (Å²) < 4.78 is 9.01. The topological polar surface area (TPSA) is 116 Å². The van der Waals surface area contributed by atoms with Gasteiger partial charge in [0.2, 0.25) is 0 Å². The molecule has 1 aromatic heterocycles. The van der Waals surface area contributed by atoms with E-state index in [9.17, 15) is 24.3 Å². The summed E-state index contributed by atoms with van der Waals surface area (Å²) in [5, 5.41) is 11.1. The molecular formula is C22H22Cl2N4O6. The van der Waals surface area contributed by atoms with Crippen molar-refractivity contribution in [3.05, 3.63) is 56.4 Å². The van der Waals surface area contributed by atoms with Gasteiger partial charge >= 0.3 is 11.4 Å². The van der Waals surface area contributed by atoms with Gasteiger partial charge in [0.1, 0.15) is 0 Å². The molecule has 0 spiro atoms. The Bertz CT molecular complexity index is 1410. The Kier molecular flexibility index (Phi) is 4.87. The van der Waals surface area contributed by atoms with Crippen LogP contribution in [0.3, 0.4) is 0 Å². The van der Waals surface area contributed by atoms with Gasteiger partial charge in [0.15, 0.2) is 21.2 Å². The molecule has 1 N–H and O–H groups in total. The second-order valence-corrected chi connectivity index (χ2v) is 9.96. The second kappa shape index (κ2) is 7.26. The molecule has 2 amide bonds. The van der Waals surface area contributed by atoms with Crippen molar-refractivity contribution in [2.75, 3.05) is 13.7 Å². The third kappa shape index (κ3) is 2.52. The maximum atomic E-state index is 13.4. The number of aromatic nitrogens is 3. The van der Waals surface area contributed by atoms with E-state index in [1.165, 1.54) is 23.5 Å². The lowest BCUT2D eigenvalue weighted by atomic mass is 9.64. The predicted octanol–water partition coefficient (Wildman–Crippen LogP) is 1.08. The van der Waals surface area contributed by atoms with E-state index in [-0.39, 0.29) is 36.6 Å². The van der Waals surface area contributed by atoms with E-state index in [1.54, 1.807) is 31.2 Å². The third-order valence-corrected chi connectivity index (χ3v) is 8.53. The van der Waals surface area contributed by atoms with Crippen LogP contribution in [0.1, 0.15) is 30.9 Å². The monoisotopic (exact) mass is 508 g/mol. The number of rotatable bonds is 3. The van der Waals surface area contributed by atoms with Gasteiger partial charge in [-0.25, -0.2) is 23.5 Å². The quantitative estimate of drug-likeness (QED) is 0.376. The molecule has 0 radical (unpaired) electrons. The largest absolute Gasteiger partial charge is 0.504 e. The van der Waals surface area contributed by atoms with Gasteiger partial charge in [-0.2, -0.15) is 0 Å². The maximum absolute atomic E-state index is 13.4. The summed E-state index contributed by atoms with van der Waals surface area (Å²) in [4.78, 5) is 49.3. The molecule has 1 aromatic carbocycles. The molecule has 4 atom stereocenters. The first-order valence-electron chi connectivity index (χ1n) is 10.7. The molecule has 10 nitrogen and oxygen atoms in total. The third-order valence-electron chi connectivity index (χ3n) is 7.11. The SMILES string of the molecule is CCOc1cccc(C2C3=CCn4c(=O)n(C)c(=O)n4C3CC3(Cl)C(=O)N(C)C(=O)C23Cl)c1O. The van der Waals surface area contributed by atoms with Crippen molar-refractivity contribution in [3.63, 3.8) is 0 Å². The number of imide groups is 1. The summed E-state index contributed by atoms with van der Waals surface area (Å²) >= 11 is 14.0. The van der Waals surface area contributed by atoms with E-state index in [1.807, 2.05) is 0 Å². The minimum absolute atomic E-state index is 0.0450. The summed E-state index contributed by atoms with van der Waals surface area (Å²) in [7, 11) is 2.66. The average Bonchev–Trinajstić information content (AvgIpc) is 3.11. The zero-order chi connectivity index (χ0) is 24.7. The standard InChI is InChI=1S/C22H22Cl2N4O6/c1-4-34-14-7-5-6-12(16(14)29)15-11-8-9-27-19(32)26(3)20(33)28(27)13(11)10-21(23)17(30)25(2)18(31)22(15,21)24/h5-8,13,15,29H,4,9-10H2,1-3H3. The highest BCUT2D eigenvalue weighted by molar-refractivity contribution is 6.53. The van der Waals surface area contributed by atoms with E-state index < -0.39 is 44.9 Å². The fourth-order valence-electron chi connectivity index (χ4n) is 5.50. The Morgan fingerprint density at radius 3 is 2.50 bits per heavy atom. The van der Waals surface area contributed by atoms with Gasteiger partial charge in [0.05, 0.1) is 19.2 Å². The van der Waals surface area contributed by atoms with Crippen LogP contribution in [0.5, 0.6) is 11.5 Å². The zero-order valence-electron chi connectivity index (χ0n) is 18.6. The van der Waals surface area contributed by atoms with Gasteiger partial charge in [-0.05, 0) is 18.6 Å². The van der Waals surface area contributed by atoms with Crippen LogP contribution < -0.4 is 16.1 Å². The van der Waals surface area contributed by atoms with Crippen LogP contribution in [0, 0.1) is 0 Å². The van der Waals surface area contributed by atoms with Crippen molar-refractivity contribution < 1.29 is 19.4 Å². The number of phenols is 1. The lowest BCUT2D eigenvalue weighted by Crippen LogP contribution is -2.59. The van der Waals surface area contributed by atoms with E-state index in [4.69, 9.17) is 27.9 Å². The number of fused-ring (bicyclic) bond motifs is 4. The Morgan fingerprint density at radius 1 is 1.12 bits per heavy atom. The molecule has 12 heteroatoms. The van der Waals surface area contributed by atoms with Gasteiger partial charge in [0, 0.05) is 32.0 Å². The molecule has 4 unspecified atom stereocenters. The molecular weight excluding hydrogens is 487 g/mol. The number of likely N-dealkylation sites (tertiary alicyclic amines) is 1. The molecule has 1 saturated carbocycles. The van der Waals surface area contributed by atoms with Crippen LogP contribution in [0.25, 0.3) is 0 Å². The number of para-hydroxylation sites is 1. The highest BCUT2D eigenvalue weighted by atomic mass is 35.5. The number of allylic oxidation sites excluding steroid dienone is 2. The number of halogens is 2. The van der Waals surface area contributed by atoms with Crippen molar-refractivity contribution in [1.82, 2.24) is 18.8 Å². The molecule has 3 heterocycles. The van der Waals surface area contributed by atoms with Crippen molar-refractivity contribution in [1.29, 1.82) is 0 Å². The van der Waals surface area contributed by atoms with Gasteiger partial charge in [-0.3, -0.25) is 14.5 Å². The van der Waals surface area contributed by atoms with Crippen molar-refractivity contribution in [3.8, 4) is 11.5 Å². The smallest absolute Gasteiger partial charge is 0.347 e. The molecule has 1 aliphatic carbocycles. The van der Waals surface area contributed by atoms with Crippen LogP contribution in [0.4, 0.5) is 0 Å². The maximum Gasteiger partial charge on any atom is 0.347 e. The van der Waals surface area contributed by atoms with Gasteiger partial charge in [0.25, 0.3) is 11.8 Å². The van der Waals surface area contributed by atoms with E-state index in [2.05, 4.69) is 0 Å². The van der Waals surface area contributed by atoms with Crippen LogP contribution >= 0.6 is 23.2 Å². The average molecular weight is 509 g/mol. The Morgan fingerprint density at radius 2 is 1.82 bits per heavy atom. The molecule has 1 saturated heterocycles. The highest BCUT2D eigenvalue weighted by Gasteiger charge is 2.75. The van der Waals surface area contributed by atoms with E-state index in [0.29, 0.717) is 5.57 Å². The molecule has 3 aliphatic rings. The van der Waals surface area contributed by atoms with Crippen LogP contribution in [-0.4, -0.2) is 59.2 Å². The molecule has 0 bridgehead atoms. The number of alkyl halides is 2. The number of nitrogens with zero attached hydrogens (tertiary/aromatic N) is 4. The molecule has 2 aliphatic heterocycles. The summed E-state index contributed by atoms with van der Waals surface area (Å²) in [5.41, 5.74) is -0.355. The fraction of sp³-hybridized carbons (Fsp3) is 0.455. The number of benzene rings is 1. The number of phenolic OH excluding ortho intramolecular Hbond substituents is 1. The molecule has 5 rings (SSSR count). The predicted molar refractivity (Wildman–Crippen MR) is 123 cm³/mol. The number of carbonyl (C=O) groups is 2. The minimum atomic E-state index is -1.98. The Hall–Kier alpha value is -2.98. The van der Waals surface area contributed by atoms with Gasteiger partial charge in [-0.15, -0.1) is 23.2 Å². The number of carbonyl (C=O) groups excluding carboxylic acids is 2. The lowest BCUT2D eigenvalue weighted by Gasteiger charge is -2.49. The minimum Gasteiger partial charge on any atom is -0.504 e. The Balaban J connectivity index is 1.83. The van der Waals surface area contributed by atoms with Gasteiger partial charge < -0.3 is 9.84 Å². The Labute approximate surface area is 203 Å². The van der Waals surface area contributed by atoms with E-state index >= 15 is 0 Å². The molecule has 2 fully saturated rings. The molecule has 180 valence electrons. The number of aromatic hydroxyl groups is 1. The summed E-state index contributed by atoms with van der Waals surface area (Å²) in [5.74, 6) is -2.56. The number of hydrogen-bond donors (Lipinski definition) is 1. The van der Waals surface area contributed by atoms with Crippen molar-refractivity contribution in [2.24, 2.45) is 7.05 Å². The van der Waals surface area contributed by atoms with Crippen LogP contribution in [0.2, 0.25) is 0 Å². The first-order valence-corrected chi connectivity index (χ1v) is 11.5. The van der Waals surface area contributed by atoms with Crippen LogP contribution in [-0.2, 0) is 23.2 Å².